The van der Waals surface area contributed by atoms with Crippen LogP contribution in [0.3, 0.4) is 0 Å². The molecular weight excluding hydrogens is 470 g/mol. The van der Waals surface area contributed by atoms with Crippen molar-refractivity contribution in [2.75, 3.05) is 6.54 Å². The van der Waals surface area contributed by atoms with Gasteiger partial charge in [0.1, 0.15) is 23.9 Å². The van der Waals surface area contributed by atoms with Gasteiger partial charge in [0.2, 0.25) is 23.6 Å². The summed E-state index contributed by atoms with van der Waals surface area (Å²) in [5, 5.41) is 24.2. The highest BCUT2D eigenvalue weighted by Gasteiger charge is 2.38. The fourth-order valence-electron chi connectivity index (χ4n) is 4.13. The van der Waals surface area contributed by atoms with E-state index in [1.165, 1.54) is 17.0 Å². The third-order valence-electron chi connectivity index (χ3n) is 5.91. The topological polar surface area (TPSA) is 205 Å². The zero-order valence-corrected chi connectivity index (χ0v) is 20.5. The number of phenolic OH excluding ortho intramolecular Hbond substituents is 1. The number of nitrogens with one attached hydrogen (secondary N) is 2. The van der Waals surface area contributed by atoms with Crippen LogP contribution in [0.2, 0.25) is 0 Å². The Bertz CT molecular complexity index is 966. The Labute approximate surface area is 209 Å². The Morgan fingerprint density at radius 2 is 1.72 bits per heavy atom. The van der Waals surface area contributed by atoms with E-state index < -0.39 is 53.8 Å². The second kappa shape index (κ2) is 12.9. The first kappa shape index (κ1) is 28.6. The maximum Gasteiger partial charge on any atom is 0.326 e. The predicted molar refractivity (Wildman–Crippen MR) is 129 cm³/mol. The molecule has 12 heteroatoms. The Hall–Kier alpha value is -3.67. The molecule has 0 bridgehead atoms. The first-order valence-electron chi connectivity index (χ1n) is 11.8. The van der Waals surface area contributed by atoms with Crippen LogP contribution in [0.5, 0.6) is 5.75 Å². The van der Waals surface area contributed by atoms with Crippen LogP contribution in [-0.4, -0.2) is 75.4 Å². The van der Waals surface area contributed by atoms with Crippen molar-refractivity contribution in [3.63, 3.8) is 0 Å². The normalized spacial score (nSPS) is 17.8. The van der Waals surface area contributed by atoms with Gasteiger partial charge in [-0.2, -0.15) is 0 Å². The first-order valence-corrected chi connectivity index (χ1v) is 11.8. The molecule has 36 heavy (non-hydrogen) atoms. The van der Waals surface area contributed by atoms with E-state index in [4.69, 9.17) is 11.5 Å². The molecular formula is C24H35N5O7. The van der Waals surface area contributed by atoms with Gasteiger partial charge in [0, 0.05) is 13.0 Å². The lowest BCUT2D eigenvalue weighted by atomic mass is 10.0. The van der Waals surface area contributed by atoms with Gasteiger partial charge in [0.25, 0.3) is 0 Å². The maximum absolute atomic E-state index is 13.1. The summed E-state index contributed by atoms with van der Waals surface area (Å²) in [7, 11) is 0. The number of hydrogen-bond acceptors (Lipinski definition) is 7. The summed E-state index contributed by atoms with van der Waals surface area (Å²) < 4.78 is 0. The number of rotatable bonds is 12. The van der Waals surface area contributed by atoms with Crippen molar-refractivity contribution >= 4 is 29.6 Å². The number of primary amides is 1. The van der Waals surface area contributed by atoms with Crippen LogP contribution < -0.4 is 22.1 Å². The summed E-state index contributed by atoms with van der Waals surface area (Å²) in [6.45, 7) is 3.98. The summed E-state index contributed by atoms with van der Waals surface area (Å²) in [6, 6.07) is 1.62. The van der Waals surface area contributed by atoms with Crippen molar-refractivity contribution in [2.45, 2.75) is 70.1 Å². The number of nitrogens with zero attached hydrogens (tertiary/aromatic N) is 1. The molecule has 1 aromatic carbocycles. The molecule has 1 aromatic rings. The molecule has 4 atom stereocenters. The van der Waals surface area contributed by atoms with Crippen LogP contribution in [0.15, 0.2) is 24.3 Å². The van der Waals surface area contributed by atoms with Gasteiger partial charge in [-0.05, 0) is 42.9 Å². The Morgan fingerprint density at radius 1 is 1.08 bits per heavy atom. The van der Waals surface area contributed by atoms with Gasteiger partial charge >= 0.3 is 5.97 Å². The molecule has 12 nitrogen and oxygen atoms in total. The van der Waals surface area contributed by atoms with E-state index in [1.807, 2.05) is 13.8 Å². The maximum atomic E-state index is 13.1. The fourth-order valence-corrected chi connectivity index (χ4v) is 4.13. The van der Waals surface area contributed by atoms with E-state index in [2.05, 4.69) is 10.6 Å². The van der Waals surface area contributed by atoms with Crippen molar-refractivity contribution < 1.29 is 34.2 Å². The quantitative estimate of drug-likeness (QED) is 0.212. The lowest BCUT2D eigenvalue weighted by Crippen LogP contribution is -2.57. The van der Waals surface area contributed by atoms with Crippen molar-refractivity contribution in [2.24, 2.45) is 17.4 Å². The van der Waals surface area contributed by atoms with Crippen LogP contribution in [0.4, 0.5) is 0 Å². The number of benzene rings is 1. The Kier molecular flexibility index (Phi) is 10.2. The van der Waals surface area contributed by atoms with E-state index in [0.29, 0.717) is 18.4 Å². The minimum atomic E-state index is -1.26. The lowest BCUT2D eigenvalue weighted by molar-refractivity contribution is -0.143. The van der Waals surface area contributed by atoms with Crippen molar-refractivity contribution in [3.8, 4) is 5.75 Å². The number of amides is 4. The van der Waals surface area contributed by atoms with Gasteiger partial charge in [0.15, 0.2) is 0 Å². The average Bonchev–Trinajstić information content (AvgIpc) is 3.28. The Morgan fingerprint density at radius 3 is 2.28 bits per heavy atom. The number of carbonyl (C=O) groups is 5. The van der Waals surface area contributed by atoms with Crippen LogP contribution in [0, 0.1) is 5.92 Å². The first-order chi connectivity index (χ1) is 16.9. The monoisotopic (exact) mass is 505 g/mol. The molecule has 2 rings (SSSR count). The average molecular weight is 506 g/mol. The van der Waals surface area contributed by atoms with Crippen molar-refractivity contribution in [1.29, 1.82) is 0 Å². The zero-order chi connectivity index (χ0) is 27.0. The number of nitrogens with two attached hydrogens (primary N) is 2. The van der Waals surface area contributed by atoms with Crippen LogP contribution in [-0.2, 0) is 30.4 Å². The van der Waals surface area contributed by atoms with Gasteiger partial charge in [-0.3, -0.25) is 19.2 Å². The molecule has 1 saturated heterocycles. The third-order valence-corrected chi connectivity index (χ3v) is 5.91. The van der Waals surface area contributed by atoms with E-state index in [1.54, 1.807) is 12.1 Å². The van der Waals surface area contributed by atoms with Crippen molar-refractivity contribution in [1.82, 2.24) is 15.5 Å². The third kappa shape index (κ3) is 8.22. The SMILES string of the molecule is CC(C)CC(NC(=O)C1CCCN1C(=O)C(N)CC(N)=O)C(=O)NC(Cc1ccc(O)cc1)C(=O)O. The molecule has 0 spiro atoms. The van der Waals surface area contributed by atoms with E-state index in [-0.39, 0.29) is 37.5 Å². The molecule has 0 aromatic heterocycles. The molecule has 1 fully saturated rings. The Balaban J connectivity index is 2.11. The van der Waals surface area contributed by atoms with Gasteiger partial charge in [0.05, 0.1) is 12.5 Å². The number of carboxylic acids is 1. The molecule has 0 saturated carbocycles. The summed E-state index contributed by atoms with van der Waals surface area (Å²) >= 11 is 0. The smallest absolute Gasteiger partial charge is 0.326 e. The highest BCUT2D eigenvalue weighted by Crippen LogP contribution is 2.20. The summed E-state index contributed by atoms with van der Waals surface area (Å²) in [6.07, 6.45) is 0.772. The molecule has 1 aliphatic heterocycles. The molecule has 0 aliphatic carbocycles. The number of carbonyl (C=O) groups excluding carboxylic acids is 4. The van der Waals surface area contributed by atoms with Crippen LogP contribution >= 0.6 is 0 Å². The van der Waals surface area contributed by atoms with Crippen LogP contribution in [0.25, 0.3) is 0 Å². The molecule has 4 unspecified atom stereocenters. The van der Waals surface area contributed by atoms with E-state index >= 15 is 0 Å². The minimum absolute atomic E-state index is 0.00766. The minimum Gasteiger partial charge on any atom is -0.508 e. The number of aromatic hydroxyl groups is 1. The molecule has 1 heterocycles. The van der Waals surface area contributed by atoms with Crippen molar-refractivity contribution in [3.05, 3.63) is 29.8 Å². The van der Waals surface area contributed by atoms with E-state index in [9.17, 15) is 34.2 Å². The van der Waals surface area contributed by atoms with Gasteiger partial charge in [-0.25, -0.2) is 4.79 Å². The molecule has 1 aliphatic rings. The number of aliphatic carboxylic acids is 1. The molecule has 198 valence electrons. The number of carboxylic acid groups (broad SMARTS) is 1. The summed E-state index contributed by atoms with van der Waals surface area (Å²) in [4.78, 5) is 63.0. The number of phenols is 1. The summed E-state index contributed by atoms with van der Waals surface area (Å²) in [5.41, 5.74) is 11.5. The van der Waals surface area contributed by atoms with Gasteiger partial charge in [-0.1, -0.05) is 26.0 Å². The lowest BCUT2D eigenvalue weighted by Gasteiger charge is -2.29. The summed E-state index contributed by atoms with van der Waals surface area (Å²) in [5.74, 6) is -3.75. The number of hydrogen-bond donors (Lipinski definition) is 6. The van der Waals surface area contributed by atoms with Crippen LogP contribution in [0.1, 0.15) is 45.1 Å². The zero-order valence-electron chi connectivity index (χ0n) is 20.5. The fraction of sp³-hybridized carbons (Fsp3) is 0.542. The highest BCUT2D eigenvalue weighted by atomic mass is 16.4. The predicted octanol–water partition coefficient (Wildman–Crippen LogP) is -0.771. The molecule has 4 amide bonds. The largest absolute Gasteiger partial charge is 0.508 e. The standard InChI is InChI=1S/C24H35N5O7/c1-13(2)10-17(21(32)28-18(24(35)36)11-14-5-7-15(30)8-6-14)27-22(33)19-4-3-9-29(19)23(34)16(25)12-20(26)31/h5-8,13,16-19,30H,3-4,9-12,25H2,1-2H3,(H2,26,31)(H,27,33)(H,28,32)(H,35,36). The van der Waals surface area contributed by atoms with Gasteiger partial charge < -0.3 is 37.2 Å². The van der Waals surface area contributed by atoms with Gasteiger partial charge in [-0.15, -0.1) is 0 Å². The molecule has 8 N–H and O–H groups in total. The highest BCUT2D eigenvalue weighted by molar-refractivity contribution is 5.95. The second-order valence-electron chi connectivity index (χ2n) is 9.43. The number of likely N-dealkylation sites (tertiary alicyclic amines) is 1. The molecule has 0 radical (unpaired) electrons. The second-order valence-corrected chi connectivity index (χ2v) is 9.43. The van der Waals surface area contributed by atoms with E-state index in [0.717, 1.165) is 0 Å².